The number of halogens is 3. The van der Waals surface area contributed by atoms with Crippen molar-refractivity contribution >= 4 is 35.0 Å². The quantitative estimate of drug-likeness (QED) is 0.330. The average Bonchev–Trinajstić information content (AvgIpc) is 2.65. The van der Waals surface area contributed by atoms with E-state index in [1.807, 2.05) is 0 Å². The molecule has 0 heterocycles. The van der Waals surface area contributed by atoms with Gasteiger partial charge in [-0.15, -0.1) is 11.8 Å². The second-order valence-electron chi connectivity index (χ2n) is 5.34. The Hall–Kier alpha value is -3.08. The summed E-state index contributed by atoms with van der Waals surface area (Å²) in [6.07, 6.45) is -2.79. The molecule has 0 fully saturated rings. The highest BCUT2D eigenvalue weighted by Gasteiger charge is 2.30. The molecule has 28 heavy (non-hydrogen) atoms. The van der Waals surface area contributed by atoms with Crippen molar-refractivity contribution in [3.63, 3.8) is 0 Å². The number of hydrogen-bond donors (Lipinski definition) is 1. The van der Waals surface area contributed by atoms with Crippen LogP contribution in [0.5, 0.6) is 0 Å². The molecule has 0 bridgehead atoms. The maximum atomic E-state index is 12.5. The third-order valence-corrected chi connectivity index (χ3v) is 4.18. The zero-order valence-corrected chi connectivity index (χ0v) is 15.1. The van der Waals surface area contributed by atoms with Gasteiger partial charge in [-0.25, -0.2) is 4.79 Å². The number of nitrogens with zero attached hydrogens (tertiary/aromatic N) is 1. The predicted molar refractivity (Wildman–Crippen MR) is 95.2 cm³/mol. The highest BCUT2D eigenvalue weighted by atomic mass is 32.2. The fraction of sp³-hybridized carbons (Fsp3) is 0.176. The summed E-state index contributed by atoms with van der Waals surface area (Å²) >= 11 is 1.26. The Bertz CT molecular complexity index is 901. The molecule has 0 unspecified atom stereocenters. The summed E-state index contributed by atoms with van der Waals surface area (Å²) in [5, 5.41) is 13.3. The number of alkyl halides is 3. The first-order valence-electron chi connectivity index (χ1n) is 7.58. The van der Waals surface area contributed by atoms with E-state index >= 15 is 0 Å². The Balaban J connectivity index is 2.01. The molecule has 2 aromatic rings. The van der Waals surface area contributed by atoms with Gasteiger partial charge in [0.05, 0.1) is 10.5 Å². The van der Waals surface area contributed by atoms with E-state index < -0.39 is 40.8 Å². The monoisotopic (exact) mass is 414 g/mol. The molecule has 0 aliphatic carbocycles. The van der Waals surface area contributed by atoms with Crippen molar-refractivity contribution in [1.82, 2.24) is 0 Å². The van der Waals surface area contributed by atoms with E-state index in [1.54, 1.807) is 6.26 Å². The number of ether oxygens (including phenoxy) is 1. The van der Waals surface area contributed by atoms with Crippen molar-refractivity contribution in [1.29, 1.82) is 0 Å². The standard InChI is InChI=1S/C17H13F3N2O5S/c1-28-12-6-7-14(22(25)26)13(8-12)16(24)27-9-15(23)21-11-4-2-10(3-5-11)17(18,19)20/h2-8H,9H2,1H3,(H,21,23). The van der Waals surface area contributed by atoms with Crippen LogP contribution in [0.15, 0.2) is 47.4 Å². The summed E-state index contributed by atoms with van der Waals surface area (Å²) in [6, 6.07) is 7.59. The fourth-order valence-electron chi connectivity index (χ4n) is 2.11. The van der Waals surface area contributed by atoms with Gasteiger partial charge in [0.25, 0.3) is 11.6 Å². The number of thioether (sulfide) groups is 1. The highest BCUT2D eigenvalue weighted by Crippen LogP contribution is 2.30. The Morgan fingerprint density at radius 3 is 2.36 bits per heavy atom. The number of rotatable bonds is 6. The third kappa shape index (κ3) is 5.46. The van der Waals surface area contributed by atoms with Crippen LogP contribution in [0.3, 0.4) is 0 Å². The SMILES string of the molecule is CSc1ccc([N+](=O)[O-])c(C(=O)OCC(=O)Nc2ccc(C(F)(F)F)cc2)c1. The summed E-state index contributed by atoms with van der Waals surface area (Å²) in [4.78, 5) is 34.8. The molecule has 7 nitrogen and oxygen atoms in total. The fourth-order valence-corrected chi connectivity index (χ4v) is 2.55. The van der Waals surface area contributed by atoms with Gasteiger partial charge in [-0.05, 0) is 42.7 Å². The Morgan fingerprint density at radius 2 is 1.82 bits per heavy atom. The van der Waals surface area contributed by atoms with E-state index in [2.05, 4.69) is 5.32 Å². The molecule has 1 amide bonds. The zero-order chi connectivity index (χ0) is 20.9. The number of nitro groups is 1. The Labute approximate surface area is 161 Å². The number of benzene rings is 2. The lowest BCUT2D eigenvalue weighted by Crippen LogP contribution is -2.21. The molecule has 0 spiro atoms. The van der Waals surface area contributed by atoms with E-state index in [1.165, 1.54) is 23.9 Å². The number of carbonyl (C=O) groups is 2. The lowest BCUT2D eigenvalue weighted by atomic mass is 10.2. The minimum Gasteiger partial charge on any atom is -0.452 e. The van der Waals surface area contributed by atoms with Gasteiger partial charge in [0.15, 0.2) is 6.61 Å². The normalized spacial score (nSPS) is 11.0. The molecular weight excluding hydrogens is 401 g/mol. The second-order valence-corrected chi connectivity index (χ2v) is 6.22. The number of esters is 1. The van der Waals surface area contributed by atoms with E-state index in [4.69, 9.17) is 4.74 Å². The van der Waals surface area contributed by atoms with Crippen molar-refractivity contribution in [2.75, 3.05) is 18.2 Å². The molecule has 0 aliphatic rings. The van der Waals surface area contributed by atoms with Gasteiger partial charge < -0.3 is 10.1 Å². The number of anilines is 1. The third-order valence-electron chi connectivity index (χ3n) is 3.45. The van der Waals surface area contributed by atoms with Crippen LogP contribution in [-0.4, -0.2) is 29.7 Å². The maximum absolute atomic E-state index is 12.5. The Morgan fingerprint density at radius 1 is 1.18 bits per heavy atom. The van der Waals surface area contributed by atoms with Gasteiger partial charge in [-0.2, -0.15) is 13.2 Å². The van der Waals surface area contributed by atoms with Crippen LogP contribution >= 0.6 is 11.8 Å². The molecule has 0 atom stereocenters. The van der Waals surface area contributed by atoms with Gasteiger partial charge in [0.1, 0.15) is 5.56 Å². The van der Waals surface area contributed by atoms with Crippen LogP contribution in [0.25, 0.3) is 0 Å². The van der Waals surface area contributed by atoms with Gasteiger partial charge in [-0.1, -0.05) is 0 Å². The molecule has 0 aliphatic heterocycles. The van der Waals surface area contributed by atoms with Crippen molar-refractivity contribution < 1.29 is 32.4 Å². The summed E-state index contributed by atoms with van der Waals surface area (Å²) in [7, 11) is 0. The number of hydrogen-bond acceptors (Lipinski definition) is 6. The number of amides is 1. The van der Waals surface area contributed by atoms with Crippen LogP contribution in [-0.2, 0) is 15.7 Å². The molecule has 0 saturated heterocycles. The first-order valence-corrected chi connectivity index (χ1v) is 8.81. The minimum absolute atomic E-state index is 0.0735. The zero-order valence-electron chi connectivity index (χ0n) is 14.3. The Kier molecular flexibility index (Phi) is 6.62. The van der Waals surface area contributed by atoms with Crippen molar-refractivity contribution in [2.24, 2.45) is 0 Å². The van der Waals surface area contributed by atoms with Crippen molar-refractivity contribution in [3.05, 3.63) is 63.7 Å². The van der Waals surface area contributed by atoms with E-state index in [9.17, 15) is 32.9 Å². The van der Waals surface area contributed by atoms with Crippen LogP contribution < -0.4 is 5.32 Å². The van der Waals surface area contributed by atoms with Gasteiger partial charge in [0, 0.05) is 16.6 Å². The number of carbonyl (C=O) groups excluding carboxylic acids is 2. The number of nitro benzene ring substituents is 1. The molecule has 2 aromatic carbocycles. The second kappa shape index (κ2) is 8.74. The van der Waals surface area contributed by atoms with Gasteiger partial charge in [-0.3, -0.25) is 14.9 Å². The first kappa shape index (κ1) is 21.2. The smallest absolute Gasteiger partial charge is 0.416 e. The van der Waals surface area contributed by atoms with E-state index in [-0.39, 0.29) is 11.3 Å². The molecule has 0 saturated carbocycles. The van der Waals surface area contributed by atoms with Crippen LogP contribution in [0.2, 0.25) is 0 Å². The summed E-state index contributed by atoms with van der Waals surface area (Å²) in [6.45, 7) is -0.763. The van der Waals surface area contributed by atoms with E-state index in [0.29, 0.717) is 4.90 Å². The van der Waals surface area contributed by atoms with Crippen molar-refractivity contribution in [2.45, 2.75) is 11.1 Å². The van der Waals surface area contributed by atoms with Crippen LogP contribution in [0.4, 0.5) is 24.5 Å². The molecule has 1 N–H and O–H groups in total. The number of nitrogens with one attached hydrogen (secondary N) is 1. The van der Waals surface area contributed by atoms with E-state index in [0.717, 1.165) is 30.3 Å². The average molecular weight is 414 g/mol. The topological polar surface area (TPSA) is 98.5 Å². The largest absolute Gasteiger partial charge is 0.452 e. The van der Waals surface area contributed by atoms with Crippen LogP contribution in [0, 0.1) is 10.1 Å². The molecular formula is C17H13F3N2O5S. The first-order chi connectivity index (χ1) is 13.1. The lowest BCUT2D eigenvalue weighted by molar-refractivity contribution is -0.385. The van der Waals surface area contributed by atoms with Gasteiger partial charge >= 0.3 is 12.1 Å². The summed E-state index contributed by atoms with van der Waals surface area (Å²) < 4.78 is 42.3. The molecule has 148 valence electrons. The highest BCUT2D eigenvalue weighted by molar-refractivity contribution is 7.98. The summed E-state index contributed by atoms with van der Waals surface area (Å²) in [5.74, 6) is -1.87. The van der Waals surface area contributed by atoms with Crippen molar-refractivity contribution in [3.8, 4) is 0 Å². The molecule has 0 aromatic heterocycles. The minimum atomic E-state index is -4.50. The molecule has 2 rings (SSSR count). The lowest BCUT2D eigenvalue weighted by Gasteiger charge is -2.09. The molecule has 0 radical (unpaired) electrons. The summed E-state index contributed by atoms with van der Waals surface area (Å²) in [5.41, 5.74) is -1.58. The van der Waals surface area contributed by atoms with Crippen LogP contribution in [0.1, 0.15) is 15.9 Å². The van der Waals surface area contributed by atoms with Gasteiger partial charge in [0.2, 0.25) is 0 Å². The molecule has 11 heteroatoms. The predicted octanol–water partition coefficient (Wildman–Crippen LogP) is 4.13. The maximum Gasteiger partial charge on any atom is 0.416 e.